The van der Waals surface area contributed by atoms with Gasteiger partial charge in [-0.2, -0.15) is 10.4 Å². The van der Waals surface area contributed by atoms with Gasteiger partial charge in [0.25, 0.3) is 0 Å². The number of nitriles is 1. The lowest BCUT2D eigenvalue weighted by atomic mass is 10.00. The summed E-state index contributed by atoms with van der Waals surface area (Å²) in [6.07, 6.45) is 8.20. The van der Waals surface area contributed by atoms with Gasteiger partial charge in [0.1, 0.15) is 6.07 Å². The van der Waals surface area contributed by atoms with Crippen molar-refractivity contribution in [2.45, 2.75) is 31.7 Å². The Morgan fingerprint density at radius 3 is 3.13 bits per heavy atom. The van der Waals surface area contributed by atoms with E-state index in [4.69, 9.17) is 11.0 Å². The molecule has 2 N–H and O–H groups in total. The van der Waals surface area contributed by atoms with Gasteiger partial charge in [-0.15, -0.1) is 0 Å². The van der Waals surface area contributed by atoms with Crippen LogP contribution < -0.4 is 5.73 Å². The molecule has 0 spiro atoms. The number of hydrogen-bond acceptors (Lipinski definition) is 3. The molecular weight excluding hydrogens is 188 g/mol. The van der Waals surface area contributed by atoms with Gasteiger partial charge in [-0.3, -0.25) is 4.68 Å². The van der Waals surface area contributed by atoms with Crippen LogP contribution in [0.1, 0.15) is 37.3 Å². The van der Waals surface area contributed by atoms with Crippen molar-refractivity contribution in [2.75, 3.05) is 6.54 Å². The zero-order chi connectivity index (χ0) is 10.7. The Morgan fingerprint density at radius 1 is 1.60 bits per heavy atom. The van der Waals surface area contributed by atoms with Crippen LogP contribution in [0.2, 0.25) is 0 Å². The third kappa shape index (κ3) is 2.02. The lowest BCUT2D eigenvalue weighted by molar-refractivity contribution is 0.337. The van der Waals surface area contributed by atoms with Gasteiger partial charge in [-0.1, -0.05) is 6.42 Å². The SMILES string of the molecule is N#Cc1cnn(C2CCCC2CCN)c1. The third-order valence-corrected chi connectivity index (χ3v) is 3.23. The largest absolute Gasteiger partial charge is 0.330 e. The van der Waals surface area contributed by atoms with Crippen molar-refractivity contribution in [2.24, 2.45) is 11.7 Å². The molecule has 2 rings (SSSR count). The van der Waals surface area contributed by atoms with Crippen LogP contribution in [0.15, 0.2) is 12.4 Å². The number of nitrogens with two attached hydrogens (primary N) is 1. The molecular formula is C11H16N4. The molecule has 0 amide bonds. The number of nitrogens with zero attached hydrogens (tertiary/aromatic N) is 3. The number of hydrogen-bond donors (Lipinski definition) is 1. The van der Waals surface area contributed by atoms with Crippen molar-refractivity contribution >= 4 is 0 Å². The molecule has 1 saturated carbocycles. The van der Waals surface area contributed by atoms with E-state index in [2.05, 4.69) is 11.2 Å². The molecule has 1 aromatic rings. The zero-order valence-corrected chi connectivity index (χ0v) is 8.76. The van der Waals surface area contributed by atoms with Gasteiger partial charge in [-0.25, -0.2) is 0 Å². The molecule has 80 valence electrons. The molecule has 2 atom stereocenters. The van der Waals surface area contributed by atoms with Crippen LogP contribution in [0.4, 0.5) is 0 Å². The first-order valence-electron chi connectivity index (χ1n) is 5.49. The standard InChI is InChI=1S/C11H16N4/c12-5-4-10-2-1-3-11(10)15-8-9(6-13)7-14-15/h7-8,10-11H,1-5,12H2. The molecule has 0 bridgehead atoms. The van der Waals surface area contributed by atoms with Gasteiger partial charge < -0.3 is 5.73 Å². The minimum absolute atomic E-state index is 0.454. The summed E-state index contributed by atoms with van der Waals surface area (Å²) in [7, 11) is 0. The maximum Gasteiger partial charge on any atom is 0.102 e. The smallest absolute Gasteiger partial charge is 0.102 e. The van der Waals surface area contributed by atoms with E-state index < -0.39 is 0 Å². The van der Waals surface area contributed by atoms with E-state index in [9.17, 15) is 0 Å². The van der Waals surface area contributed by atoms with Gasteiger partial charge >= 0.3 is 0 Å². The summed E-state index contributed by atoms with van der Waals surface area (Å²) in [5.74, 6) is 0.640. The van der Waals surface area contributed by atoms with Crippen LogP contribution in [0, 0.1) is 17.2 Å². The fourth-order valence-electron chi connectivity index (χ4n) is 2.49. The summed E-state index contributed by atoms with van der Waals surface area (Å²) in [4.78, 5) is 0. The third-order valence-electron chi connectivity index (χ3n) is 3.23. The average molecular weight is 204 g/mol. The molecule has 4 nitrogen and oxygen atoms in total. The Kier molecular flexibility index (Phi) is 3.02. The summed E-state index contributed by atoms with van der Waals surface area (Å²) in [5, 5.41) is 13.0. The van der Waals surface area contributed by atoms with E-state index in [0.717, 1.165) is 19.4 Å². The Morgan fingerprint density at radius 2 is 2.47 bits per heavy atom. The van der Waals surface area contributed by atoms with Crippen LogP contribution in [0.25, 0.3) is 0 Å². The quantitative estimate of drug-likeness (QED) is 0.810. The molecule has 2 unspecified atom stereocenters. The minimum Gasteiger partial charge on any atom is -0.330 e. The summed E-state index contributed by atoms with van der Waals surface area (Å²) in [6.45, 7) is 0.744. The van der Waals surface area contributed by atoms with E-state index in [1.54, 1.807) is 6.20 Å². The second kappa shape index (κ2) is 4.45. The fraction of sp³-hybridized carbons (Fsp3) is 0.636. The molecule has 1 fully saturated rings. The van der Waals surface area contributed by atoms with Gasteiger partial charge in [0.15, 0.2) is 0 Å². The molecule has 0 saturated heterocycles. The first kappa shape index (κ1) is 10.2. The monoisotopic (exact) mass is 204 g/mol. The van der Waals surface area contributed by atoms with Crippen LogP contribution >= 0.6 is 0 Å². The Balaban J connectivity index is 2.12. The highest BCUT2D eigenvalue weighted by Crippen LogP contribution is 2.37. The van der Waals surface area contributed by atoms with E-state index in [0.29, 0.717) is 17.5 Å². The summed E-state index contributed by atoms with van der Waals surface area (Å²) < 4.78 is 1.95. The normalized spacial score (nSPS) is 25.3. The van der Waals surface area contributed by atoms with E-state index in [-0.39, 0.29) is 0 Å². The lowest BCUT2D eigenvalue weighted by Crippen LogP contribution is -2.17. The molecule has 4 heteroatoms. The first-order valence-corrected chi connectivity index (χ1v) is 5.49. The number of rotatable bonds is 3. The van der Waals surface area contributed by atoms with Crippen LogP contribution in [-0.2, 0) is 0 Å². The lowest BCUT2D eigenvalue weighted by Gasteiger charge is -2.19. The molecule has 0 aromatic carbocycles. The van der Waals surface area contributed by atoms with Gasteiger partial charge in [-0.05, 0) is 31.7 Å². The van der Waals surface area contributed by atoms with Crippen molar-refractivity contribution in [3.63, 3.8) is 0 Å². The van der Waals surface area contributed by atoms with Crippen molar-refractivity contribution in [1.29, 1.82) is 5.26 Å². The van der Waals surface area contributed by atoms with Crippen molar-refractivity contribution < 1.29 is 0 Å². The van der Waals surface area contributed by atoms with Crippen molar-refractivity contribution in [3.8, 4) is 6.07 Å². The maximum absolute atomic E-state index is 8.74. The minimum atomic E-state index is 0.454. The second-order valence-electron chi connectivity index (χ2n) is 4.16. The Hall–Kier alpha value is -1.34. The maximum atomic E-state index is 8.74. The fourth-order valence-corrected chi connectivity index (χ4v) is 2.49. The molecule has 0 radical (unpaired) electrons. The zero-order valence-electron chi connectivity index (χ0n) is 8.76. The Labute approximate surface area is 89.7 Å². The molecule has 1 aromatic heterocycles. The van der Waals surface area contributed by atoms with Crippen molar-refractivity contribution in [3.05, 3.63) is 18.0 Å². The van der Waals surface area contributed by atoms with Gasteiger partial charge in [0.05, 0.1) is 17.8 Å². The summed E-state index contributed by atoms with van der Waals surface area (Å²) in [5.41, 5.74) is 6.24. The molecule has 15 heavy (non-hydrogen) atoms. The molecule has 1 aliphatic rings. The summed E-state index contributed by atoms with van der Waals surface area (Å²) >= 11 is 0. The van der Waals surface area contributed by atoms with E-state index >= 15 is 0 Å². The molecule has 0 aliphatic heterocycles. The number of aromatic nitrogens is 2. The topological polar surface area (TPSA) is 67.6 Å². The predicted molar refractivity (Wildman–Crippen MR) is 57.0 cm³/mol. The van der Waals surface area contributed by atoms with Crippen LogP contribution in [-0.4, -0.2) is 16.3 Å². The highest BCUT2D eigenvalue weighted by atomic mass is 15.3. The highest BCUT2D eigenvalue weighted by Gasteiger charge is 2.28. The summed E-state index contributed by atoms with van der Waals surface area (Å²) in [6, 6.07) is 2.56. The van der Waals surface area contributed by atoms with Crippen LogP contribution in [0.3, 0.4) is 0 Å². The average Bonchev–Trinajstić information content (AvgIpc) is 2.85. The van der Waals surface area contributed by atoms with E-state index in [1.165, 1.54) is 12.8 Å². The predicted octanol–water partition coefficient (Wildman–Crippen LogP) is 1.44. The molecule has 1 heterocycles. The van der Waals surface area contributed by atoms with Gasteiger partial charge in [0, 0.05) is 6.20 Å². The van der Waals surface area contributed by atoms with Crippen molar-refractivity contribution in [1.82, 2.24) is 9.78 Å². The van der Waals surface area contributed by atoms with Gasteiger partial charge in [0.2, 0.25) is 0 Å². The highest BCUT2D eigenvalue weighted by molar-refractivity contribution is 5.22. The second-order valence-corrected chi connectivity index (χ2v) is 4.16. The molecule has 1 aliphatic carbocycles. The Bertz CT molecular complexity index is 363. The first-order chi connectivity index (χ1) is 7.35. The van der Waals surface area contributed by atoms with E-state index in [1.807, 2.05) is 10.9 Å². The van der Waals surface area contributed by atoms with Crippen LogP contribution in [0.5, 0.6) is 0 Å².